The number of ether oxygens (including phenoxy) is 1. The van der Waals surface area contributed by atoms with E-state index in [-0.39, 0.29) is 18.4 Å². The highest BCUT2D eigenvalue weighted by Gasteiger charge is 2.22. The number of nitrogen functional groups attached to an aromatic ring is 1. The van der Waals surface area contributed by atoms with Crippen LogP contribution in [0.2, 0.25) is 0 Å². The predicted octanol–water partition coefficient (Wildman–Crippen LogP) is 2.49. The van der Waals surface area contributed by atoms with Gasteiger partial charge in [-0.1, -0.05) is 0 Å². The summed E-state index contributed by atoms with van der Waals surface area (Å²) in [6, 6.07) is 2.27. The summed E-state index contributed by atoms with van der Waals surface area (Å²) < 4.78 is 20.5. The molecule has 7 heteroatoms. The number of esters is 1. The summed E-state index contributed by atoms with van der Waals surface area (Å²) in [5, 5.41) is 0. The molecule has 0 amide bonds. The average Bonchev–Trinajstić information content (AvgIpc) is 2.65. The van der Waals surface area contributed by atoms with Crippen LogP contribution in [0.25, 0.3) is 11.0 Å². The highest BCUT2D eigenvalue weighted by molar-refractivity contribution is 14.1. The molecular weight excluding hydrogens is 364 g/mol. The fraction of sp³-hybridized carbons (Fsp3) is 0.333. The van der Waals surface area contributed by atoms with Crippen molar-refractivity contribution in [2.75, 3.05) is 12.3 Å². The van der Waals surface area contributed by atoms with E-state index in [4.69, 9.17) is 10.5 Å². The number of nitrogens with two attached hydrogens (primary N) is 1. The number of carbonyl (C=O) groups excluding carboxylic acids is 1. The van der Waals surface area contributed by atoms with Crippen LogP contribution < -0.4 is 5.73 Å². The number of benzene rings is 1. The second-order valence-corrected chi connectivity index (χ2v) is 5.19. The number of rotatable bonds is 3. The largest absolute Gasteiger partial charge is 0.464 e. The molecule has 1 unspecified atom stereocenters. The molecule has 0 saturated carbocycles. The van der Waals surface area contributed by atoms with Crippen LogP contribution in [0.1, 0.15) is 19.9 Å². The van der Waals surface area contributed by atoms with Crippen LogP contribution >= 0.6 is 22.6 Å². The molecule has 1 aromatic heterocycles. The number of nitrogens with zero attached hydrogens (tertiary/aromatic N) is 2. The van der Waals surface area contributed by atoms with Gasteiger partial charge in [-0.3, -0.25) is 4.57 Å². The number of carbonyl (C=O) groups is 1. The molecule has 0 radical (unpaired) electrons. The van der Waals surface area contributed by atoms with Gasteiger partial charge in [0.05, 0.1) is 21.2 Å². The summed E-state index contributed by atoms with van der Waals surface area (Å²) in [6.45, 7) is 3.65. The van der Waals surface area contributed by atoms with Gasteiger partial charge in [-0.05, 0) is 42.5 Å². The minimum atomic E-state index is -0.649. The number of imidazole rings is 1. The molecule has 0 bridgehead atoms. The first-order valence-corrected chi connectivity index (χ1v) is 6.82. The van der Waals surface area contributed by atoms with Crippen molar-refractivity contribution in [3.63, 3.8) is 0 Å². The van der Waals surface area contributed by atoms with Crippen LogP contribution in [0, 0.1) is 9.39 Å². The Morgan fingerprint density at radius 1 is 1.63 bits per heavy atom. The zero-order valence-corrected chi connectivity index (χ0v) is 12.6. The van der Waals surface area contributed by atoms with Crippen molar-refractivity contribution in [3.8, 4) is 0 Å². The minimum Gasteiger partial charge on any atom is -0.464 e. The van der Waals surface area contributed by atoms with E-state index in [9.17, 15) is 9.18 Å². The number of hydrogen-bond acceptors (Lipinski definition) is 4. The number of aromatic nitrogens is 2. The normalized spacial score (nSPS) is 12.6. The third-order valence-electron chi connectivity index (χ3n) is 2.77. The van der Waals surface area contributed by atoms with Crippen molar-refractivity contribution in [1.82, 2.24) is 9.55 Å². The molecule has 5 nitrogen and oxygen atoms in total. The summed E-state index contributed by atoms with van der Waals surface area (Å²) in [5.74, 6) is -0.630. The topological polar surface area (TPSA) is 70.1 Å². The molecule has 19 heavy (non-hydrogen) atoms. The predicted molar refractivity (Wildman–Crippen MR) is 78.2 cm³/mol. The van der Waals surface area contributed by atoms with Crippen molar-refractivity contribution in [3.05, 3.63) is 21.5 Å². The summed E-state index contributed by atoms with van der Waals surface area (Å²) in [7, 11) is 0. The van der Waals surface area contributed by atoms with Gasteiger partial charge in [-0.25, -0.2) is 14.2 Å². The Morgan fingerprint density at radius 3 is 2.95 bits per heavy atom. The molecule has 102 valence electrons. The Hall–Kier alpha value is -1.38. The zero-order chi connectivity index (χ0) is 14.2. The highest BCUT2D eigenvalue weighted by Crippen LogP contribution is 2.26. The van der Waals surface area contributed by atoms with Crippen molar-refractivity contribution in [2.45, 2.75) is 19.9 Å². The smallest absolute Gasteiger partial charge is 0.328 e. The summed E-state index contributed by atoms with van der Waals surface area (Å²) >= 11 is 1.88. The fourth-order valence-electron chi connectivity index (χ4n) is 1.88. The standard InChI is InChI=1S/C12H13FIN3O2/c1-3-19-11(18)6(2)17-10-4-7(13)8(14)5-9(10)16-12(17)15/h4-6H,3H2,1-2H3,(H2,15,16). The summed E-state index contributed by atoms with van der Waals surface area (Å²) in [5.41, 5.74) is 6.84. The SMILES string of the molecule is CCOC(=O)C(C)n1c(N)nc2cc(I)c(F)cc21. The lowest BCUT2D eigenvalue weighted by atomic mass is 10.2. The molecule has 1 atom stereocenters. The maximum atomic E-state index is 13.6. The fourth-order valence-corrected chi connectivity index (χ4v) is 2.34. The average molecular weight is 377 g/mol. The molecular formula is C12H13FIN3O2. The quantitative estimate of drug-likeness (QED) is 0.659. The zero-order valence-electron chi connectivity index (χ0n) is 10.5. The lowest BCUT2D eigenvalue weighted by molar-refractivity contribution is -0.146. The molecule has 0 spiro atoms. The van der Waals surface area contributed by atoms with E-state index < -0.39 is 12.0 Å². The van der Waals surface area contributed by atoms with Crippen LogP contribution in [0.15, 0.2) is 12.1 Å². The molecule has 0 aliphatic rings. The van der Waals surface area contributed by atoms with Gasteiger partial charge < -0.3 is 10.5 Å². The van der Waals surface area contributed by atoms with E-state index in [1.165, 1.54) is 10.6 Å². The maximum absolute atomic E-state index is 13.6. The van der Waals surface area contributed by atoms with Crippen molar-refractivity contribution < 1.29 is 13.9 Å². The maximum Gasteiger partial charge on any atom is 0.328 e. The molecule has 2 N–H and O–H groups in total. The molecule has 1 heterocycles. The van der Waals surface area contributed by atoms with Gasteiger partial charge in [0, 0.05) is 6.07 Å². The summed E-state index contributed by atoms with van der Waals surface area (Å²) in [6.07, 6.45) is 0. The Kier molecular flexibility index (Phi) is 3.93. The monoisotopic (exact) mass is 377 g/mol. The van der Waals surface area contributed by atoms with Gasteiger partial charge >= 0.3 is 5.97 Å². The minimum absolute atomic E-state index is 0.164. The van der Waals surface area contributed by atoms with Gasteiger partial charge in [-0.2, -0.15) is 0 Å². The molecule has 0 aliphatic heterocycles. The number of hydrogen-bond donors (Lipinski definition) is 1. The number of halogens is 2. The molecule has 0 aliphatic carbocycles. The molecule has 0 saturated heterocycles. The molecule has 1 aromatic carbocycles. The van der Waals surface area contributed by atoms with Gasteiger partial charge in [0.2, 0.25) is 5.95 Å². The second-order valence-electron chi connectivity index (χ2n) is 4.02. The van der Waals surface area contributed by atoms with Gasteiger partial charge in [0.1, 0.15) is 11.9 Å². The first kappa shape index (κ1) is 14.0. The van der Waals surface area contributed by atoms with Crippen LogP contribution in [-0.2, 0) is 9.53 Å². The van der Waals surface area contributed by atoms with E-state index in [1.54, 1.807) is 19.9 Å². The molecule has 2 rings (SSSR count). The van der Waals surface area contributed by atoms with E-state index in [2.05, 4.69) is 4.98 Å². The first-order valence-electron chi connectivity index (χ1n) is 5.74. The highest BCUT2D eigenvalue weighted by atomic mass is 127. The van der Waals surface area contributed by atoms with Gasteiger partial charge in [0.15, 0.2) is 0 Å². The van der Waals surface area contributed by atoms with Crippen LogP contribution in [-0.4, -0.2) is 22.1 Å². The van der Waals surface area contributed by atoms with Gasteiger partial charge in [-0.15, -0.1) is 0 Å². The Balaban J connectivity index is 2.56. The first-order chi connectivity index (χ1) is 8.95. The van der Waals surface area contributed by atoms with Gasteiger partial charge in [0.25, 0.3) is 0 Å². The number of anilines is 1. The van der Waals surface area contributed by atoms with Crippen LogP contribution in [0.4, 0.5) is 10.3 Å². The third kappa shape index (κ3) is 2.51. The Bertz CT molecular complexity index is 641. The van der Waals surface area contributed by atoms with E-state index in [1.807, 2.05) is 22.6 Å². The van der Waals surface area contributed by atoms with E-state index >= 15 is 0 Å². The Labute approximate surface area is 123 Å². The van der Waals surface area contributed by atoms with Crippen LogP contribution in [0.3, 0.4) is 0 Å². The third-order valence-corrected chi connectivity index (χ3v) is 3.60. The second kappa shape index (κ2) is 5.32. The molecule has 2 aromatic rings. The van der Waals surface area contributed by atoms with E-state index in [0.29, 0.717) is 14.6 Å². The van der Waals surface area contributed by atoms with E-state index in [0.717, 1.165) is 0 Å². The van der Waals surface area contributed by atoms with Crippen LogP contribution in [0.5, 0.6) is 0 Å². The molecule has 0 fully saturated rings. The summed E-state index contributed by atoms with van der Waals surface area (Å²) in [4.78, 5) is 15.9. The van der Waals surface area contributed by atoms with Crippen molar-refractivity contribution in [1.29, 1.82) is 0 Å². The number of fused-ring (bicyclic) bond motifs is 1. The van der Waals surface area contributed by atoms with Crippen molar-refractivity contribution >= 4 is 45.5 Å². The lowest BCUT2D eigenvalue weighted by Gasteiger charge is -2.14. The lowest BCUT2D eigenvalue weighted by Crippen LogP contribution is -2.20. The Morgan fingerprint density at radius 2 is 2.32 bits per heavy atom. The van der Waals surface area contributed by atoms with Crippen molar-refractivity contribution in [2.24, 2.45) is 0 Å².